The first kappa shape index (κ1) is 21.8. The van der Waals surface area contributed by atoms with Gasteiger partial charge in [0.15, 0.2) is 0 Å². The molecular weight excluding hydrogens is 410 g/mol. The fourth-order valence-electron chi connectivity index (χ4n) is 5.58. The number of aromatic nitrogens is 1. The molecule has 3 atom stereocenters. The monoisotopic (exact) mass is 441 g/mol. The van der Waals surface area contributed by atoms with Crippen LogP contribution < -0.4 is 0 Å². The van der Waals surface area contributed by atoms with E-state index in [0.717, 1.165) is 25.9 Å². The van der Waals surface area contributed by atoms with E-state index in [1.165, 1.54) is 22.3 Å². The van der Waals surface area contributed by atoms with Crippen LogP contribution in [-0.2, 0) is 0 Å². The first-order valence-electron chi connectivity index (χ1n) is 11.9. The molecule has 2 aliphatic heterocycles. The number of pyridine rings is 1. The fourth-order valence-corrected chi connectivity index (χ4v) is 5.58. The molecule has 2 aromatic carbocycles. The van der Waals surface area contributed by atoms with Gasteiger partial charge in [0, 0.05) is 43.5 Å². The van der Waals surface area contributed by atoms with Crippen molar-refractivity contribution in [3.63, 3.8) is 0 Å². The molecule has 3 heterocycles. The Kier molecular flexibility index (Phi) is 6.25. The summed E-state index contributed by atoms with van der Waals surface area (Å²) in [5.74, 6) is 0.259. The molecule has 3 aromatic rings. The number of carbonyl (C=O) groups is 1. The molecule has 1 amide bonds. The maximum absolute atomic E-state index is 13.2. The lowest BCUT2D eigenvalue weighted by molar-refractivity contribution is -0.0606. The highest BCUT2D eigenvalue weighted by Gasteiger charge is 2.49. The first-order chi connectivity index (χ1) is 16.2. The lowest BCUT2D eigenvalue weighted by atomic mass is 9.74. The van der Waals surface area contributed by atoms with Crippen molar-refractivity contribution in [2.75, 3.05) is 26.2 Å². The molecule has 0 unspecified atom stereocenters. The third-order valence-corrected chi connectivity index (χ3v) is 7.32. The van der Waals surface area contributed by atoms with E-state index >= 15 is 0 Å². The van der Waals surface area contributed by atoms with Crippen LogP contribution in [0.2, 0.25) is 0 Å². The molecule has 0 bridgehead atoms. The summed E-state index contributed by atoms with van der Waals surface area (Å²) in [5, 5.41) is 10.2. The molecule has 5 rings (SSSR count). The van der Waals surface area contributed by atoms with Crippen LogP contribution in [0.1, 0.15) is 40.2 Å². The average molecular weight is 442 g/mol. The Morgan fingerprint density at radius 2 is 1.82 bits per heavy atom. The molecule has 0 radical (unpaired) electrons. The Morgan fingerprint density at radius 1 is 1.03 bits per heavy atom. The van der Waals surface area contributed by atoms with Crippen LogP contribution in [0.15, 0.2) is 73.1 Å². The van der Waals surface area contributed by atoms with Crippen LogP contribution in [0.4, 0.5) is 0 Å². The van der Waals surface area contributed by atoms with Gasteiger partial charge in [-0.3, -0.25) is 14.7 Å². The minimum Gasteiger partial charge on any atom is -0.395 e. The number of benzene rings is 2. The summed E-state index contributed by atoms with van der Waals surface area (Å²) in [6, 6.07) is 21.2. The Morgan fingerprint density at radius 3 is 2.55 bits per heavy atom. The van der Waals surface area contributed by atoms with E-state index in [-0.39, 0.29) is 30.5 Å². The number of aryl methyl sites for hydroxylation is 1. The SMILES string of the molecule is Cc1ccccc1-c1ccc([C@H]2[C@H]3CN(C(=O)c4cccnc4)CCCCN3[C@H]2CO)cc1. The predicted molar refractivity (Wildman–Crippen MR) is 130 cm³/mol. The first-order valence-corrected chi connectivity index (χ1v) is 11.9. The topological polar surface area (TPSA) is 56.7 Å². The number of amides is 1. The van der Waals surface area contributed by atoms with E-state index in [2.05, 4.69) is 65.3 Å². The van der Waals surface area contributed by atoms with Crippen molar-refractivity contribution in [1.29, 1.82) is 0 Å². The maximum atomic E-state index is 13.2. The summed E-state index contributed by atoms with van der Waals surface area (Å²) in [6.07, 6.45) is 5.35. The lowest BCUT2D eigenvalue weighted by Gasteiger charge is -2.57. The van der Waals surface area contributed by atoms with E-state index in [4.69, 9.17) is 0 Å². The summed E-state index contributed by atoms with van der Waals surface area (Å²) >= 11 is 0. The quantitative estimate of drug-likeness (QED) is 0.662. The van der Waals surface area contributed by atoms with Gasteiger partial charge in [-0.1, -0.05) is 48.5 Å². The molecule has 0 aliphatic carbocycles. The molecular formula is C28H31N3O2. The van der Waals surface area contributed by atoms with Crippen molar-refractivity contribution < 1.29 is 9.90 Å². The van der Waals surface area contributed by atoms with Gasteiger partial charge in [-0.05, 0) is 60.7 Å². The second-order valence-corrected chi connectivity index (χ2v) is 9.22. The minimum absolute atomic E-state index is 0.0473. The molecule has 2 aliphatic rings. The summed E-state index contributed by atoms with van der Waals surface area (Å²) in [5.41, 5.74) is 5.60. The van der Waals surface area contributed by atoms with Crippen LogP contribution >= 0.6 is 0 Å². The van der Waals surface area contributed by atoms with Gasteiger partial charge in [-0.25, -0.2) is 0 Å². The summed E-state index contributed by atoms with van der Waals surface area (Å²) in [6.45, 7) is 4.69. The number of aliphatic hydroxyl groups excluding tert-OH is 1. The van der Waals surface area contributed by atoms with Gasteiger partial charge >= 0.3 is 0 Å². The third kappa shape index (κ3) is 4.19. The smallest absolute Gasteiger partial charge is 0.255 e. The van der Waals surface area contributed by atoms with Gasteiger partial charge in [0.25, 0.3) is 5.91 Å². The van der Waals surface area contributed by atoms with Crippen molar-refractivity contribution in [2.24, 2.45) is 0 Å². The van der Waals surface area contributed by atoms with E-state index < -0.39 is 0 Å². The molecule has 33 heavy (non-hydrogen) atoms. The van der Waals surface area contributed by atoms with Gasteiger partial charge in [0.2, 0.25) is 0 Å². The zero-order chi connectivity index (χ0) is 22.8. The maximum Gasteiger partial charge on any atom is 0.255 e. The Balaban J connectivity index is 1.40. The molecule has 0 spiro atoms. The molecule has 170 valence electrons. The second-order valence-electron chi connectivity index (χ2n) is 9.22. The van der Waals surface area contributed by atoms with E-state index in [1.807, 2.05) is 17.0 Å². The van der Waals surface area contributed by atoms with Crippen molar-refractivity contribution >= 4 is 5.91 Å². The van der Waals surface area contributed by atoms with Crippen LogP contribution in [0.3, 0.4) is 0 Å². The lowest BCUT2D eigenvalue weighted by Crippen LogP contribution is -2.67. The minimum atomic E-state index is 0.0473. The number of nitrogens with zero attached hydrogens (tertiary/aromatic N) is 3. The van der Waals surface area contributed by atoms with E-state index in [1.54, 1.807) is 12.4 Å². The van der Waals surface area contributed by atoms with Crippen molar-refractivity contribution in [2.45, 2.75) is 37.8 Å². The molecule has 0 saturated carbocycles. The average Bonchev–Trinajstić information content (AvgIpc) is 2.84. The van der Waals surface area contributed by atoms with Gasteiger partial charge in [0.05, 0.1) is 12.2 Å². The number of aliphatic hydroxyl groups is 1. The second kappa shape index (κ2) is 9.46. The van der Waals surface area contributed by atoms with Crippen LogP contribution in [-0.4, -0.2) is 64.1 Å². The Bertz CT molecular complexity index is 1100. The normalized spacial score (nSPS) is 23.2. The van der Waals surface area contributed by atoms with Gasteiger partial charge in [0.1, 0.15) is 0 Å². The molecule has 1 aromatic heterocycles. The van der Waals surface area contributed by atoms with Crippen LogP contribution in [0.5, 0.6) is 0 Å². The van der Waals surface area contributed by atoms with Crippen LogP contribution in [0, 0.1) is 6.92 Å². The zero-order valence-corrected chi connectivity index (χ0v) is 19.1. The summed E-state index contributed by atoms with van der Waals surface area (Å²) in [7, 11) is 0. The van der Waals surface area contributed by atoms with E-state index in [0.29, 0.717) is 12.1 Å². The summed E-state index contributed by atoms with van der Waals surface area (Å²) < 4.78 is 0. The van der Waals surface area contributed by atoms with Crippen molar-refractivity contribution in [1.82, 2.24) is 14.8 Å². The summed E-state index contributed by atoms with van der Waals surface area (Å²) in [4.78, 5) is 21.7. The van der Waals surface area contributed by atoms with Gasteiger partial charge in [-0.2, -0.15) is 0 Å². The van der Waals surface area contributed by atoms with Crippen LogP contribution in [0.25, 0.3) is 11.1 Å². The third-order valence-electron chi connectivity index (χ3n) is 7.32. The molecule has 1 N–H and O–H groups in total. The largest absolute Gasteiger partial charge is 0.395 e. The van der Waals surface area contributed by atoms with Gasteiger partial charge in [-0.15, -0.1) is 0 Å². The molecule has 5 heteroatoms. The number of fused-ring (bicyclic) bond motifs is 1. The number of carbonyl (C=O) groups excluding carboxylic acids is 1. The van der Waals surface area contributed by atoms with E-state index in [9.17, 15) is 9.90 Å². The number of rotatable bonds is 4. The fraction of sp³-hybridized carbons (Fsp3) is 0.357. The van der Waals surface area contributed by atoms with Crippen molar-refractivity contribution in [3.8, 4) is 11.1 Å². The highest BCUT2D eigenvalue weighted by atomic mass is 16.3. The molecule has 5 nitrogen and oxygen atoms in total. The zero-order valence-electron chi connectivity index (χ0n) is 19.1. The molecule has 2 saturated heterocycles. The highest BCUT2D eigenvalue weighted by molar-refractivity contribution is 5.93. The molecule has 2 fully saturated rings. The van der Waals surface area contributed by atoms with Gasteiger partial charge < -0.3 is 10.0 Å². The predicted octanol–water partition coefficient (Wildman–Crippen LogP) is 4.12. The Labute approximate surface area is 195 Å². The van der Waals surface area contributed by atoms with Crippen molar-refractivity contribution in [3.05, 3.63) is 89.7 Å². The standard InChI is InChI=1S/C28H31N3O2/c1-20-7-2-3-9-24(20)21-10-12-22(13-11-21)27-25-18-30(28(33)23-8-6-14-29-17-23)15-4-5-16-31(25)26(27)19-32/h2-3,6-14,17,25-27,32H,4-5,15-16,18-19H2,1H3/t25-,26+,27+/m1/s1. The highest BCUT2D eigenvalue weighted by Crippen LogP contribution is 2.42. The Hall–Kier alpha value is -3.02. The number of hydrogen-bond acceptors (Lipinski definition) is 4. The number of hydrogen-bond donors (Lipinski definition) is 1.